The zero-order chi connectivity index (χ0) is 27.4. The molecule has 0 unspecified atom stereocenters. The maximum Gasteiger partial charge on any atom is 0.0540 e. The molecule has 10 rings (SSSR count). The monoisotopic (exact) mass is 533 g/mol. The van der Waals surface area contributed by atoms with Crippen molar-refractivity contribution in [2.45, 2.75) is 18.3 Å². The number of anilines is 3. The second kappa shape index (κ2) is 7.99. The van der Waals surface area contributed by atoms with E-state index < -0.39 is 0 Å². The number of fused-ring (bicyclic) bond motifs is 4. The molecule has 2 aliphatic rings. The van der Waals surface area contributed by atoms with Gasteiger partial charge in [0.25, 0.3) is 0 Å². The van der Waals surface area contributed by atoms with Gasteiger partial charge in [-0.1, -0.05) is 109 Å². The van der Waals surface area contributed by atoms with Gasteiger partial charge in [-0.15, -0.1) is 0 Å². The normalized spacial score (nSPS) is 14.7. The molecule has 1 heteroatoms. The summed E-state index contributed by atoms with van der Waals surface area (Å²) in [6, 6.07) is 52.2. The minimum absolute atomic E-state index is 0.115. The second-order valence-electron chi connectivity index (χ2n) is 12.1. The smallest absolute Gasteiger partial charge is 0.0540 e. The Morgan fingerprint density at radius 1 is 0.429 bits per heavy atom. The fraction of sp³-hybridized carbons (Fsp3) is 0.0732. The first-order valence-corrected chi connectivity index (χ1v) is 15.0. The zero-order valence-corrected chi connectivity index (χ0v) is 23.1. The van der Waals surface area contributed by atoms with Gasteiger partial charge in [-0.3, -0.25) is 0 Å². The van der Waals surface area contributed by atoms with Crippen molar-refractivity contribution in [3.63, 3.8) is 0 Å². The van der Waals surface area contributed by atoms with Crippen molar-refractivity contribution in [3.8, 4) is 11.1 Å². The van der Waals surface area contributed by atoms with Crippen LogP contribution in [-0.4, -0.2) is 0 Å². The molecule has 1 fully saturated rings. The van der Waals surface area contributed by atoms with Gasteiger partial charge in [-0.2, -0.15) is 0 Å². The molecule has 1 spiro atoms. The van der Waals surface area contributed by atoms with Crippen molar-refractivity contribution in [1.82, 2.24) is 0 Å². The Balaban J connectivity index is 1.26. The number of nitrogens with zero attached hydrogens (tertiary/aromatic N) is 1. The largest absolute Gasteiger partial charge is 0.310 e. The lowest BCUT2D eigenvalue weighted by molar-refractivity contribution is 0.853. The van der Waals surface area contributed by atoms with Crippen LogP contribution in [0, 0.1) is 0 Å². The average Bonchev–Trinajstić information content (AvgIpc) is 3.85. The summed E-state index contributed by atoms with van der Waals surface area (Å²) in [5.74, 6) is 0. The third-order valence-corrected chi connectivity index (χ3v) is 10.00. The van der Waals surface area contributed by atoms with Crippen LogP contribution in [0.5, 0.6) is 0 Å². The summed E-state index contributed by atoms with van der Waals surface area (Å²) in [7, 11) is 0. The Kier molecular flexibility index (Phi) is 4.29. The van der Waals surface area contributed by atoms with Gasteiger partial charge in [0, 0.05) is 22.2 Å². The number of para-hydroxylation sites is 1. The van der Waals surface area contributed by atoms with E-state index in [0.29, 0.717) is 0 Å². The fourth-order valence-electron chi connectivity index (χ4n) is 7.99. The molecule has 196 valence electrons. The first-order valence-electron chi connectivity index (χ1n) is 15.0. The van der Waals surface area contributed by atoms with Gasteiger partial charge in [0.1, 0.15) is 0 Å². The third-order valence-electron chi connectivity index (χ3n) is 10.00. The van der Waals surface area contributed by atoms with Gasteiger partial charge in [-0.05, 0) is 103 Å². The lowest BCUT2D eigenvalue weighted by Gasteiger charge is -2.32. The van der Waals surface area contributed by atoms with Gasteiger partial charge in [-0.25, -0.2) is 0 Å². The maximum absolute atomic E-state index is 2.50. The summed E-state index contributed by atoms with van der Waals surface area (Å²) >= 11 is 0. The van der Waals surface area contributed by atoms with Crippen molar-refractivity contribution in [2.24, 2.45) is 0 Å². The van der Waals surface area contributed by atoms with Crippen LogP contribution in [0.15, 0.2) is 140 Å². The summed E-state index contributed by atoms with van der Waals surface area (Å²) in [4.78, 5) is 2.48. The van der Waals surface area contributed by atoms with Gasteiger partial charge < -0.3 is 4.90 Å². The summed E-state index contributed by atoms with van der Waals surface area (Å²) in [6.45, 7) is 0. The van der Waals surface area contributed by atoms with Crippen LogP contribution in [0.2, 0.25) is 0 Å². The van der Waals surface area contributed by atoms with Crippen molar-refractivity contribution in [3.05, 3.63) is 151 Å². The highest BCUT2D eigenvalue weighted by Crippen LogP contribution is 2.62. The molecule has 8 aromatic carbocycles. The fourth-order valence-corrected chi connectivity index (χ4v) is 7.99. The minimum atomic E-state index is 0.115. The first-order chi connectivity index (χ1) is 20.8. The van der Waals surface area contributed by atoms with E-state index in [-0.39, 0.29) is 5.41 Å². The van der Waals surface area contributed by atoms with E-state index in [0.717, 1.165) is 0 Å². The summed E-state index contributed by atoms with van der Waals surface area (Å²) in [5, 5.41) is 10.7. The van der Waals surface area contributed by atoms with Gasteiger partial charge in [0.05, 0.1) is 5.69 Å². The molecule has 1 nitrogen and oxygen atoms in total. The SMILES string of the molecule is c1ccc(N(c2ccc3c(c2)C2(CC2)c2cccc4cccc-3c24)c2ccc3ccc4cccc5ccc2c3c45)cc1. The van der Waals surface area contributed by atoms with Crippen LogP contribution in [0.3, 0.4) is 0 Å². The molecule has 0 atom stereocenters. The van der Waals surface area contributed by atoms with Crippen molar-refractivity contribution in [2.75, 3.05) is 4.90 Å². The summed E-state index contributed by atoms with van der Waals surface area (Å²) in [5.41, 5.74) is 9.47. The molecule has 42 heavy (non-hydrogen) atoms. The molecule has 0 saturated heterocycles. The highest BCUT2D eigenvalue weighted by Gasteiger charge is 2.50. The van der Waals surface area contributed by atoms with Gasteiger partial charge >= 0.3 is 0 Å². The Hall–Kier alpha value is -5.14. The second-order valence-corrected chi connectivity index (χ2v) is 12.1. The molecule has 0 aromatic heterocycles. The Morgan fingerprint density at radius 2 is 1.10 bits per heavy atom. The first kappa shape index (κ1) is 22.5. The Morgan fingerprint density at radius 3 is 1.88 bits per heavy atom. The molecule has 0 bridgehead atoms. The lowest BCUT2D eigenvalue weighted by Crippen LogP contribution is -2.17. The lowest BCUT2D eigenvalue weighted by atomic mass is 9.74. The molecule has 0 radical (unpaired) electrons. The zero-order valence-electron chi connectivity index (χ0n) is 23.1. The summed E-state index contributed by atoms with van der Waals surface area (Å²) in [6.07, 6.45) is 2.42. The van der Waals surface area contributed by atoms with Crippen molar-refractivity contribution in [1.29, 1.82) is 0 Å². The molecule has 0 aliphatic heterocycles. The van der Waals surface area contributed by atoms with Crippen LogP contribution in [0.4, 0.5) is 17.1 Å². The van der Waals surface area contributed by atoms with Gasteiger partial charge in [0.2, 0.25) is 0 Å². The van der Waals surface area contributed by atoms with E-state index in [4.69, 9.17) is 0 Å². The van der Waals surface area contributed by atoms with Gasteiger partial charge in [0.15, 0.2) is 0 Å². The topological polar surface area (TPSA) is 3.24 Å². The van der Waals surface area contributed by atoms with E-state index in [1.165, 1.54) is 95.2 Å². The average molecular weight is 534 g/mol. The standard InChI is InChI=1S/C41H27N/c1-2-11-30(12-3-1)42(37-22-18-29-16-15-27-7-4-8-28-17-20-34(37)40(29)38(27)28)31-19-21-32-33-13-5-9-26-10-6-14-35(39(26)33)41(23-24-41)36(32)25-31/h1-22,25H,23-24H2. The highest BCUT2D eigenvalue weighted by atomic mass is 15.1. The van der Waals surface area contributed by atoms with Crippen LogP contribution >= 0.6 is 0 Å². The van der Waals surface area contributed by atoms with Crippen LogP contribution in [0.1, 0.15) is 24.0 Å². The van der Waals surface area contributed by atoms with Crippen molar-refractivity contribution < 1.29 is 0 Å². The minimum Gasteiger partial charge on any atom is -0.310 e. The number of benzene rings is 8. The quantitative estimate of drug-likeness (QED) is 0.204. The molecule has 8 aromatic rings. The van der Waals surface area contributed by atoms with E-state index in [9.17, 15) is 0 Å². The van der Waals surface area contributed by atoms with E-state index in [1.54, 1.807) is 0 Å². The van der Waals surface area contributed by atoms with E-state index in [1.807, 2.05) is 0 Å². The van der Waals surface area contributed by atoms with Crippen LogP contribution in [0.25, 0.3) is 54.2 Å². The number of hydrogen-bond donors (Lipinski definition) is 0. The van der Waals surface area contributed by atoms with E-state index >= 15 is 0 Å². The van der Waals surface area contributed by atoms with E-state index in [2.05, 4.69) is 144 Å². The Bertz CT molecular complexity index is 2340. The molecule has 0 N–H and O–H groups in total. The number of rotatable bonds is 3. The molecule has 0 heterocycles. The Labute approximate surface area is 244 Å². The highest BCUT2D eigenvalue weighted by molar-refractivity contribution is 6.25. The molecule has 2 aliphatic carbocycles. The molecular formula is C41H27N. The molecule has 0 amide bonds. The predicted molar refractivity (Wildman–Crippen MR) is 178 cm³/mol. The van der Waals surface area contributed by atoms with Crippen LogP contribution < -0.4 is 4.90 Å². The van der Waals surface area contributed by atoms with Crippen molar-refractivity contribution >= 4 is 60.2 Å². The maximum atomic E-state index is 2.50. The summed E-state index contributed by atoms with van der Waals surface area (Å²) < 4.78 is 0. The third kappa shape index (κ3) is 2.88. The van der Waals surface area contributed by atoms with Crippen LogP contribution in [-0.2, 0) is 5.41 Å². The molecule has 1 saturated carbocycles. The molecular weight excluding hydrogens is 506 g/mol. The predicted octanol–water partition coefficient (Wildman–Crippen LogP) is 11.3. The number of hydrogen-bond acceptors (Lipinski definition) is 1.